The fourth-order valence-electron chi connectivity index (χ4n) is 3.46. The lowest BCUT2D eigenvalue weighted by molar-refractivity contribution is -0.113. The van der Waals surface area contributed by atoms with Crippen molar-refractivity contribution < 1.29 is 19.1 Å². The molecule has 0 spiro atoms. The number of amides is 1. The SMILES string of the molecule is COC(=O)c1cccc(NC(=O)CSc2nnc(-c3ccccc3OC)n2-c2ccc(C)cc2)c1. The van der Waals surface area contributed by atoms with Crippen molar-refractivity contribution in [2.24, 2.45) is 0 Å². The summed E-state index contributed by atoms with van der Waals surface area (Å²) in [7, 11) is 2.92. The van der Waals surface area contributed by atoms with Crippen molar-refractivity contribution in [3.05, 3.63) is 83.9 Å². The number of methoxy groups -OCH3 is 2. The number of hydrogen-bond acceptors (Lipinski definition) is 7. The van der Waals surface area contributed by atoms with Crippen LogP contribution >= 0.6 is 11.8 Å². The maximum absolute atomic E-state index is 12.7. The van der Waals surface area contributed by atoms with E-state index in [1.165, 1.54) is 18.9 Å². The molecule has 0 aliphatic carbocycles. The Morgan fingerprint density at radius 2 is 1.74 bits per heavy atom. The number of rotatable bonds is 8. The predicted octanol–water partition coefficient (Wildman–Crippen LogP) is 4.77. The molecule has 1 N–H and O–H groups in total. The zero-order chi connectivity index (χ0) is 24.8. The van der Waals surface area contributed by atoms with Crippen molar-refractivity contribution in [2.75, 3.05) is 25.3 Å². The minimum atomic E-state index is -0.467. The number of benzene rings is 3. The molecule has 0 aliphatic rings. The molecule has 0 fully saturated rings. The van der Waals surface area contributed by atoms with Gasteiger partial charge in [0, 0.05) is 11.4 Å². The summed E-state index contributed by atoms with van der Waals surface area (Å²) in [5.74, 6) is 0.672. The zero-order valence-corrected chi connectivity index (χ0v) is 20.3. The number of esters is 1. The van der Waals surface area contributed by atoms with Crippen LogP contribution in [-0.2, 0) is 9.53 Å². The predicted molar refractivity (Wildman–Crippen MR) is 135 cm³/mol. The van der Waals surface area contributed by atoms with Gasteiger partial charge in [-0.25, -0.2) is 4.79 Å². The summed E-state index contributed by atoms with van der Waals surface area (Å²) in [6.07, 6.45) is 0. The zero-order valence-electron chi connectivity index (χ0n) is 19.5. The monoisotopic (exact) mass is 488 g/mol. The smallest absolute Gasteiger partial charge is 0.337 e. The van der Waals surface area contributed by atoms with Gasteiger partial charge in [-0.1, -0.05) is 47.7 Å². The minimum Gasteiger partial charge on any atom is -0.496 e. The molecule has 0 saturated heterocycles. The van der Waals surface area contributed by atoms with Crippen molar-refractivity contribution in [3.63, 3.8) is 0 Å². The number of carbonyl (C=O) groups excluding carboxylic acids is 2. The van der Waals surface area contributed by atoms with Crippen molar-refractivity contribution in [1.29, 1.82) is 0 Å². The van der Waals surface area contributed by atoms with E-state index in [4.69, 9.17) is 9.47 Å². The quantitative estimate of drug-likeness (QED) is 0.282. The van der Waals surface area contributed by atoms with Crippen LogP contribution in [0.3, 0.4) is 0 Å². The first-order chi connectivity index (χ1) is 17.0. The molecule has 178 valence electrons. The molecule has 0 bridgehead atoms. The first-order valence-corrected chi connectivity index (χ1v) is 11.8. The summed E-state index contributed by atoms with van der Waals surface area (Å²) in [6.45, 7) is 2.02. The minimum absolute atomic E-state index is 0.0956. The van der Waals surface area contributed by atoms with E-state index in [-0.39, 0.29) is 11.7 Å². The molecule has 8 nitrogen and oxygen atoms in total. The van der Waals surface area contributed by atoms with Gasteiger partial charge in [-0.2, -0.15) is 0 Å². The molecule has 0 saturated carbocycles. The van der Waals surface area contributed by atoms with Gasteiger partial charge in [-0.15, -0.1) is 10.2 Å². The summed E-state index contributed by atoms with van der Waals surface area (Å²) in [5.41, 5.74) is 3.66. The van der Waals surface area contributed by atoms with Crippen LogP contribution in [0.1, 0.15) is 15.9 Å². The number of thioether (sulfide) groups is 1. The second-order valence-electron chi connectivity index (χ2n) is 7.59. The molecule has 1 aromatic heterocycles. The van der Waals surface area contributed by atoms with Gasteiger partial charge in [0.2, 0.25) is 5.91 Å². The highest BCUT2D eigenvalue weighted by Gasteiger charge is 2.20. The van der Waals surface area contributed by atoms with E-state index in [0.717, 1.165) is 16.8 Å². The Hall–Kier alpha value is -4.11. The number of nitrogens with one attached hydrogen (secondary N) is 1. The molecule has 1 heterocycles. The second kappa shape index (κ2) is 10.9. The third-order valence-corrected chi connectivity index (χ3v) is 6.10. The highest BCUT2D eigenvalue weighted by molar-refractivity contribution is 7.99. The van der Waals surface area contributed by atoms with E-state index in [0.29, 0.717) is 28.0 Å². The lowest BCUT2D eigenvalue weighted by Gasteiger charge is -2.13. The standard InChI is InChI=1S/C26H24N4O4S/c1-17-11-13-20(14-12-17)30-24(21-9-4-5-10-22(21)33-2)28-29-26(30)35-16-23(31)27-19-8-6-7-18(15-19)25(32)34-3/h4-15H,16H2,1-3H3,(H,27,31). The molecule has 35 heavy (non-hydrogen) atoms. The van der Waals surface area contributed by atoms with Gasteiger partial charge in [-0.05, 0) is 49.4 Å². The summed E-state index contributed by atoms with van der Waals surface area (Å²) in [4.78, 5) is 24.4. The van der Waals surface area contributed by atoms with Crippen LogP contribution in [-0.4, -0.2) is 46.6 Å². The van der Waals surface area contributed by atoms with Gasteiger partial charge in [0.05, 0.1) is 31.1 Å². The fourth-order valence-corrected chi connectivity index (χ4v) is 4.21. The van der Waals surface area contributed by atoms with Crippen molar-refractivity contribution in [2.45, 2.75) is 12.1 Å². The Morgan fingerprint density at radius 1 is 0.971 bits per heavy atom. The van der Waals surface area contributed by atoms with Crippen LogP contribution in [0.5, 0.6) is 5.75 Å². The molecule has 0 aliphatic heterocycles. The summed E-state index contributed by atoms with van der Waals surface area (Å²) in [5, 5.41) is 12.2. The fraction of sp³-hybridized carbons (Fsp3) is 0.154. The molecule has 0 atom stereocenters. The van der Waals surface area contributed by atoms with Gasteiger partial charge in [0.1, 0.15) is 5.75 Å². The first-order valence-electron chi connectivity index (χ1n) is 10.8. The van der Waals surface area contributed by atoms with E-state index in [1.54, 1.807) is 31.4 Å². The van der Waals surface area contributed by atoms with E-state index in [1.807, 2.05) is 60.0 Å². The number of nitrogens with zero attached hydrogens (tertiary/aromatic N) is 3. The average molecular weight is 489 g/mol. The molecule has 3 aromatic carbocycles. The lowest BCUT2D eigenvalue weighted by Crippen LogP contribution is -2.15. The number of carbonyl (C=O) groups is 2. The highest BCUT2D eigenvalue weighted by Crippen LogP contribution is 2.33. The Balaban J connectivity index is 1.59. The van der Waals surface area contributed by atoms with E-state index >= 15 is 0 Å². The van der Waals surface area contributed by atoms with Gasteiger partial charge >= 0.3 is 5.97 Å². The summed E-state index contributed by atoms with van der Waals surface area (Å²) < 4.78 is 12.2. The lowest BCUT2D eigenvalue weighted by atomic mass is 10.1. The van der Waals surface area contributed by atoms with Crippen molar-refractivity contribution in [1.82, 2.24) is 14.8 Å². The number of aromatic nitrogens is 3. The Bertz CT molecular complexity index is 1350. The molecule has 0 unspecified atom stereocenters. The highest BCUT2D eigenvalue weighted by atomic mass is 32.2. The molecular formula is C26H24N4O4S. The summed E-state index contributed by atoms with van der Waals surface area (Å²) in [6, 6.07) is 22.2. The number of ether oxygens (including phenoxy) is 2. The van der Waals surface area contributed by atoms with Crippen LogP contribution in [0, 0.1) is 6.92 Å². The normalized spacial score (nSPS) is 10.6. The van der Waals surface area contributed by atoms with Crippen molar-refractivity contribution in [3.8, 4) is 22.8 Å². The third-order valence-electron chi connectivity index (χ3n) is 5.17. The number of anilines is 1. The number of para-hydroxylation sites is 1. The van der Waals surface area contributed by atoms with Crippen LogP contribution < -0.4 is 10.1 Å². The molecular weight excluding hydrogens is 464 g/mol. The van der Waals surface area contributed by atoms with E-state index in [2.05, 4.69) is 15.5 Å². The van der Waals surface area contributed by atoms with E-state index < -0.39 is 5.97 Å². The van der Waals surface area contributed by atoms with Crippen LogP contribution in [0.25, 0.3) is 17.1 Å². The van der Waals surface area contributed by atoms with Crippen molar-refractivity contribution >= 4 is 29.3 Å². The maximum atomic E-state index is 12.7. The second-order valence-corrected chi connectivity index (χ2v) is 8.53. The Kier molecular flexibility index (Phi) is 7.47. The van der Waals surface area contributed by atoms with Crippen LogP contribution in [0.4, 0.5) is 5.69 Å². The van der Waals surface area contributed by atoms with Crippen LogP contribution in [0.15, 0.2) is 78.0 Å². The maximum Gasteiger partial charge on any atom is 0.337 e. The first kappa shape index (κ1) is 24.0. The van der Waals surface area contributed by atoms with Gasteiger partial charge in [-0.3, -0.25) is 9.36 Å². The molecule has 4 rings (SSSR count). The molecule has 4 aromatic rings. The largest absolute Gasteiger partial charge is 0.496 e. The Labute approximate surface area is 207 Å². The molecule has 1 amide bonds. The third kappa shape index (κ3) is 5.52. The topological polar surface area (TPSA) is 95.3 Å². The number of hydrogen-bond donors (Lipinski definition) is 1. The van der Waals surface area contributed by atoms with Gasteiger partial charge in [0.25, 0.3) is 0 Å². The molecule has 9 heteroatoms. The van der Waals surface area contributed by atoms with Gasteiger partial charge in [0.15, 0.2) is 11.0 Å². The van der Waals surface area contributed by atoms with Gasteiger partial charge < -0.3 is 14.8 Å². The summed E-state index contributed by atoms with van der Waals surface area (Å²) >= 11 is 1.26. The molecule has 0 radical (unpaired) electrons. The number of aryl methyl sites for hydroxylation is 1. The average Bonchev–Trinajstić information content (AvgIpc) is 3.31. The van der Waals surface area contributed by atoms with Crippen LogP contribution in [0.2, 0.25) is 0 Å². The Morgan fingerprint density at radius 3 is 2.49 bits per heavy atom. The van der Waals surface area contributed by atoms with E-state index in [9.17, 15) is 9.59 Å².